The Labute approximate surface area is 129 Å². The monoisotopic (exact) mass is 296 g/mol. The van der Waals surface area contributed by atoms with Gasteiger partial charge in [-0.15, -0.1) is 0 Å². The average Bonchev–Trinajstić information content (AvgIpc) is 3.25. The fourth-order valence-electron chi connectivity index (χ4n) is 3.69. The highest BCUT2D eigenvalue weighted by Gasteiger charge is 2.49. The first-order chi connectivity index (χ1) is 10.2. The highest BCUT2D eigenvalue weighted by atomic mass is 16.5. The first-order valence-corrected chi connectivity index (χ1v) is 8.76. The van der Waals surface area contributed by atoms with E-state index in [0.717, 1.165) is 38.3 Å². The van der Waals surface area contributed by atoms with Gasteiger partial charge in [-0.25, -0.2) is 0 Å². The highest BCUT2D eigenvalue weighted by Crippen LogP contribution is 2.39. The van der Waals surface area contributed by atoms with Crippen molar-refractivity contribution < 1.29 is 9.53 Å². The van der Waals surface area contributed by atoms with Gasteiger partial charge in [0.15, 0.2) is 0 Å². The van der Waals surface area contributed by atoms with Crippen molar-refractivity contribution in [3.8, 4) is 0 Å². The summed E-state index contributed by atoms with van der Waals surface area (Å²) in [6.07, 6.45) is 9.19. The lowest BCUT2D eigenvalue weighted by Gasteiger charge is -2.32. The average molecular weight is 296 g/mol. The Bertz CT molecular complexity index is 344. The topological polar surface area (TPSA) is 41.6 Å². The van der Waals surface area contributed by atoms with Gasteiger partial charge in [0, 0.05) is 12.1 Å². The van der Waals surface area contributed by atoms with Crippen LogP contribution in [0.4, 0.5) is 0 Å². The third-order valence-electron chi connectivity index (χ3n) is 5.03. The van der Waals surface area contributed by atoms with Crippen molar-refractivity contribution in [3.05, 3.63) is 0 Å². The van der Waals surface area contributed by atoms with Gasteiger partial charge < -0.3 is 10.1 Å². The van der Waals surface area contributed by atoms with Gasteiger partial charge in [-0.2, -0.15) is 0 Å². The van der Waals surface area contributed by atoms with Crippen LogP contribution in [0.15, 0.2) is 0 Å². The van der Waals surface area contributed by atoms with Crippen LogP contribution in [0.25, 0.3) is 0 Å². The molecule has 1 N–H and O–H groups in total. The van der Waals surface area contributed by atoms with E-state index < -0.39 is 5.54 Å². The molecule has 2 aliphatic rings. The maximum absolute atomic E-state index is 12.3. The number of hydrogen-bond donors (Lipinski definition) is 1. The minimum atomic E-state index is -0.436. The van der Waals surface area contributed by atoms with Crippen LogP contribution in [-0.2, 0) is 9.53 Å². The molecule has 21 heavy (non-hydrogen) atoms. The molecule has 2 rings (SSSR count). The summed E-state index contributed by atoms with van der Waals surface area (Å²) in [5.41, 5.74) is -0.436. The number of carbonyl (C=O) groups is 1. The van der Waals surface area contributed by atoms with Gasteiger partial charge in [0.2, 0.25) is 0 Å². The third kappa shape index (κ3) is 3.98. The second kappa shape index (κ2) is 7.59. The molecule has 4 nitrogen and oxygen atoms in total. The molecular weight excluding hydrogens is 264 g/mol. The van der Waals surface area contributed by atoms with E-state index in [-0.39, 0.29) is 5.97 Å². The van der Waals surface area contributed by atoms with E-state index in [1.54, 1.807) is 0 Å². The van der Waals surface area contributed by atoms with Crippen LogP contribution >= 0.6 is 0 Å². The zero-order valence-corrected chi connectivity index (χ0v) is 14.0. The normalized spacial score (nSPS) is 29.0. The summed E-state index contributed by atoms with van der Waals surface area (Å²) >= 11 is 0. The Morgan fingerprint density at radius 3 is 2.57 bits per heavy atom. The number of nitrogens with one attached hydrogen (secondary N) is 1. The first-order valence-electron chi connectivity index (χ1n) is 8.76. The lowest BCUT2D eigenvalue weighted by molar-refractivity contribution is -0.148. The van der Waals surface area contributed by atoms with Gasteiger partial charge in [-0.3, -0.25) is 9.69 Å². The Morgan fingerprint density at radius 2 is 2.00 bits per heavy atom. The maximum atomic E-state index is 12.3. The molecule has 0 aromatic carbocycles. The summed E-state index contributed by atoms with van der Waals surface area (Å²) in [6.45, 7) is 6.47. The van der Waals surface area contributed by atoms with E-state index in [1.165, 1.54) is 39.3 Å². The van der Waals surface area contributed by atoms with Gasteiger partial charge >= 0.3 is 5.97 Å². The Balaban J connectivity index is 2.01. The Morgan fingerprint density at radius 1 is 1.24 bits per heavy atom. The van der Waals surface area contributed by atoms with Gasteiger partial charge in [0.05, 0.1) is 7.11 Å². The van der Waals surface area contributed by atoms with Crippen LogP contribution < -0.4 is 5.32 Å². The SMILES string of the molecule is CCCCN(C1CC1)C1CCC(NCCC)(C(=O)OC)C1. The number of esters is 1. The molecule has 0 bridgehead atoms. The molecule has 0 aliphatic heterocycles. The second-order valence-corrected chi connectivity index (χ2v) is 6.72. The van der Waals surface area contributed by atoms with E-state index in [4.69, 9.17) is 4.74 Å². The van der Waals surface area contributed by atoms with E-state index in [0.29, 0.717) is 6.04 Å². The molecule has 4 heteroatoms. The van der Waals surface area contributed by atoms with E-state index in [1.807, 2.05) is 0 Å². The number of hydrogen-bond acceptors (Lipinski definition) is 4. The fourth-order valence-corrected chi connectivity index (χ4v) is 3.69. The number of nitrogens with zero attached hydrogens (tertiary/aromatic N) is 1. The van der Waals surface area contributed by atoms with Crippen LogP contribution in [0.3, 0.4) is 0 Å². The van der Waals surface area contributed by atoms with Crippen molar-refractivity contribution in [2.24, 2.45) is 0 Å². The van der Waals surface area contributed by atoms with Crippen LogP contribution in [0.5, 0.6) is 0 Å². The van der Waals surface area contributed by atoms with Crippen molar-refractivity contribution in [1.29, 1.82) is 0 Å². The largest absolute Gasteiger partial charge is 0.468 e. The molecular formula is C17H32N2O2. The molecule has 0 saturated heterocycles. The number of unbranched alkanes of at least 4 members (excludes halogenated alkanes) is 1. The Kier molecular flexibility index (Phi) is 6.06. The predicted molar refractivity (Wildman–Crippen MR) is 85.3 cm³/mol. The van der Waals surface area contributed by atoms with Crippen LogP contribution in [0, 0.1) is 0 Å². The molecule has 0 radical (unpaired) electrons. The highest BCUT2D eigenvalue weighted by molar-refractivity contribution is 5.81. The summed E-state index contributed by atoms with van der Waals surface area (Å²) in [5.74, 6) is -0.0651. The molecule has 0 spiro atoms. The first kappa shape index (κ1) is 16.8. The van der Waals surface area contributed by atoms with Gasteiger partial charge in [-0.1, -0.05) is 20.3 Å². The van der Waals surface area contributed by atoms with E-state index >= 15 is 0 Å². The third-order valence-corrected chi connectivity index (χ3v) is 5.03. The van der Waals surface area contributed by atoms with Gasteiger partial charge in [0.25, 0.3) is 0 Å². The van der Waals surface area contributed by atoms with Crippen LogP contribution in [0.1, 0.15) is 65.2 Å². The number of carbonyl (C=O) groups excluding carboxylic acids is 1. The van der Waals surface area contributed by atoms with Crippen LogP contribution in [-0.4, -0.2) is 48.7 Å². The molecule has 122 valence electrons. The lowest BCUT2D eigenvalue weighted by Crippen LogP contribution is -2.52. The van der Waals surface area contributed by atoms with Gasteiger partial charge in [0.1, 0.15) is 5.54 Å². The van der Waals surface area contributed by atoms with Crippen molar-refractivity contribution in [2.45, 2.75) is 82.8 Å². The molecule has 2 unspecified atom stereocenters. The van der Waals surface area contributed by atoms with Crippen molar-refractivity contribution in [1.82, 2.24) is 10.2 Å². The lowest BCUT2D eigenvalue weighted by atomic mass is 9.96. The van der Waals surface area contributed by atoms with Crippen molar-refractivity contribution >= 4 is 5.97 Å². The summed E-state index contributed by atoms with van der Waals surface area (Å²) in [7, 11) is 1.51. The van der Waals surface area contributed by atoms with Crippen LogP contribution in [0.2, 0.25) is 0 Å². The standard InChI is InChI=1S/C17H32N2O2/c1-4-6-12-19(14-7-8-14)15-9-10-17(13-15,16(20)21-3)18-11-5-2/h14-15,18H,4-13H2,1-3H3. The summed E-state index contributed by atoms with van der Waals surface area (Å²) in [4.78, 5) is 15.0. The Hall–Kier alpha value is -0.610. The smallest absolute Gasteiger partial charge is 0.326 e. The zero-order valence-electron chi connectivity index (χ0n) is 14.0. The van der Waals surface area contributed by atoms with E-state index in [2.05, 4.69) is 24.1 Å². The summed E-state index contributed by atoms with van der Waals surface area (Å²) in [5, 5.41) is 3.49. The molecule has 0 heterocycles. The molecule has 2 aliphatic carbocycles. The molecule has 0 amide bonds. The maximum Gasteiger partial charge on any atom is 0.326 e. The summed E-state index contributed by atoms with van der Waals surface area (Å²) in [6, 6.07) is 1.33. The fraction of sp³-hybridized carbons (Fsp3) is 0.941. The van der Waals surface area contributed by atoms with Crippen molar-refractivity contribution in [2.75, 3.05) is 20.2 Å². The molecule has 2 fully saturated rings. The molecule has 2 atom stereocenters. The van der Waals surface area contributed by atoms with Gasteiger partial charge in [-0.05, 0) is 58.0 Å². The zero-order chi connectivity index (χ0) is 15.3. The predicted octanol–water partition coefficient (Wildman–Crippen LogP) is 2.71. The molecule has 0 aromatic rings. The quantitative estimate of drug-likeness (QED) is 0.664. The number of methoxy groups -OCH3 is 1. The molecule has 2 saturated carbocycles. The molecule has 0 aromatic heterocycles. The summed E-state index contributed by atoms with van der Waals surface area (Å²) < 4.78 is 5.10. The number of ether oxygens (including phenoxy) is 1. The minimum Gasteiger partial charge on any atom is -0.468 e. The van der Waals surface area contributed by atoms with E-state index in [9.17, 15) is 4.79 Å². The number of rotatable bonds is 9. The second-order valence-electron chi connectivity index (χ2n) is 6.72. The van der Waals surface area contributed by atoms with Crippen molar-refractivity contribution in [3.63, 3.8) is 0 Å². The minimum absolute atomic E-state index is 0.0651.